The number of aliphatic hydroxyl groups is 1. The molecule has 0 heterocycles. The SMILES string of the molecule is CC(C)(C)C(=O)NCCC(=O)NC(CO)C(=O)O. The molecule has 0 aliphatic rings. The lowest BCUT2D eigenvalue weighted by molar-refractivity contribution is -0.143. The Morgan fingerprint density at radius 3 is 2.17 bits per heavy atom. The van der Waals surface area contributed by atoms with Gasteiger partial charge in [-0.1, -0.05) is 20.8 Å². The van der Waals surface area contributed by atoms with E-state index < -0.39 is 29.9 Å². The Labute approximate surface area is 106 Å². The number of carbonyl (C=O) groups excluding carboxylic acids is 2. The molecular weight excluding hydrogens is 240 g/mol. The van der Waals surface area contributed by atoms with E-state index in [9.17, 15) is 14.4 Å². The molecule has 104 valence electrons. The summed E-state index contributed by atoms with van der Waals surface area (Å²) in [6.07, 6.45) is -0.0361. The van der Waals surface area contributed by atoms with Crippen LogP contribution in [0.3, 0.4) is 0 Å². The van der Waals surface area contributed by atoms with E-state index in [1.807, 2.05) is 0 Å². The number of rotatable bonds is 6. The summed E-state index contributed by atoms with van der Waals surface area (Å²) in [5, 5.41) is 22.0. The molecular formula is C11H20N2O5. The van der Waals surface area contributed by atoms with Crippen LogP contribution in [0.25, 0.3) is 0 Å². The van der Waals surface area contributed by atoms with Crippen molar-refractivity contribution in [1.29, 1.82) is 0 Å². The van der Waals surface area contributed by atoms with Crippen molar-refractivity contribution in [3.05, 3.63) is 0 Å². The van der Waals surface area contributed by atoms with Crippen LogP contribution in [0.15, 0.2) is 0 Å². The Morgan fingerprint density at radius 1 is 1.22 bits per heavy atom. The summed E-state index contributed by atoms with van der Waals surface area (Å²) in [6.45, 7) is 4.69. The minimum atomic E-state index is -1.31. The van der Waals surface area contributed by atoms with Gasteiger partial charge >= 0.3 is 5.97 Å². The molecule has 1 atom stereocenters. The fourth-order valence-corrected chi connectivity index (χ4v) is 1.01. The number of hydrogen-bond donors (Lipinski definition) is 4. The zero-order valence-corrected chi connectivity index (χ0v) is 10.8. The van der Waals surface area contributed by atoms with E-state index in [-0.39, 0.29) is 18.9 Å². The topological polar surface area (TPSA) is 116 Å². The molecule has 0 aromatic carbocycles. The first-order valence-electron chi connectivity index (χ1n) is 5.59. The van der Waals surface area contributed by atoms with Crippen molar-refractivity contribution in [2.24, 2.45) is 5.41 Å². The van der Waals surface area contributed by atoms with Crippen LogP contribution in [0, 0.1) is 5.41 Å². The van der Waals surface area contributed by atoms with Crippen LogP contribution >= 0.6 is 0 Å². The normalized spacial score (nSPS) is 12.7. The van der Waals surface area contributed by atoms with Gasteiger partial charge in [-0.05, 0) is 0 Å². The predicted molar refractivity (Wildman–Crippen MR) is 63.7 cm³/mol. The molecule has 0 spiro atoms. The van der Waals surface area contributed by atoms with Gasteiger partial charge in [-0.15, -0.1) is 0 Å². The van der Waals surface area contributed by atoms with Crippen LogP contribution in [0.4, 0.5) is 0 Å². The van der Waals surface area contributed by atoms with Gasteiger partial charge in [0.05, 0.1) is 6.61 Å². The van der Waals surface area contributed by atoms with Gasteiger partial charge in [-0.3, -0.25) is 9.59 Å². The highest BCUT2D eigenvalue weighted by atomic mass is 16.4. The highest BCUT2D eigenvalue weighted by molar-refractivity contribution is 5.85. The molecule has 0 rings (SSSR count). The van der Waals surface area contributed by atoms with Crippen LogP contribution in [0.5, 0.6) is 0 Å². The maximum atomic E-state index is 11.5. The molecule has 0 aromatic heterocycles. The van der Waals surface area contributed by atoms with Crippen molar-refractivity contribution < 1.29 is 24.6 Å². The third-order valence-electron chi connectivity index (χ3n) is 2.13. The van der Waals surface area contributed by atoms with Crippen LogP contribution < -0.4 is 10.6 Å². The third-order valence-corrected chi connectivity index (χ3v) is 2.13. The van der Waals surface area contributed by atoms with E-state index >= 15 is 0 Å². The van der Waals surface area contributed by atoms with Gasteiger partial charge in [-0.2, -0.15) is 0 Å². The predicted octanol–water partition coefficient (Wildman–Crippen LogP) is -0.899. The monoisotopic (exact) mass is 260 g/mol. The van der Waals surface area contributed by atoms with E-state index in [0.29, 0.717) is 0 Å². The van der Waals surface area contributed by atoms with Crippen LogP contribution in [-0.4, -0.2) is 47.2 Å². The van der Waals surface area contributed by atoms with Crippen molar-refractivity contribution in [2.45, 2.75) is 33.2 Å². The lowest BCUT2D eigenvalue weighted by Crippen LogP contribution is -2.44. The van der Waals surface area contributed by atoms with E-state index in [2.05, 4.69) is 10.6 Å². The molecule has 0 aromatic rings. The molecule has 2 amide bonds. The van der Waals surface area contributed by atoms with Crippen molar-refractivity contribution in [3.8, 4) is 0 Å². The Hall–Kier alpha value is -1.63. The van der Waals surface area contributed by atoms with E-state index in [1.54, 1.807) is 20.8 Å². The summed E-state index contributed by atoms with van der Waals surface area (Å²) in [7, 11) is 0. The smallest absolute Gasteiger partial charge is 0.328 e. The Morgan fingerprint density at radius 2 is 1.78 bits per heavy atom. The van der Waals surface area contributed by atoms with E-state index in [1.165, 1.54) is 0 Å². The second-order valence-electron chi connectivity index (χ2n) is 4.90. The van der Waals surface area contributed by atoms with Crippen molar-refractivity contribution >= 4 is 17.8 Å². The van der Waals surface area contributed by atoms with Gasteiger partial charge in [0.1, 0.15) is 6.04 Å². The molecule has 7 heteroatoms. The number of aliphatic carboxylic acids is 1. The lowest BCUT2D eigenvalue weighted by Gasteiger charge is -2.17. The first kappa shape index (κ1) is 16.4. The molecule has 4 N–H and O–H groups in total. The third kappa shape index (κ3) is 6.19. The van der Waals surface area contributed by atoms with Crippen LogP contribution in [0.1, 0.15) is 27.2 Å². The summed E-state index contributed by atoms with van der Waals surface area (Å²) >= 11 is 0. The van der Waals surface area contributed by atoms with Gasteiger partial charge in [0.15, 0.2) is 0 Å². The number of aliphatic hydroxyl groups excluding tert-OH is 1. The lowest BCUT2D eigenvalue weighted by atomic mass is 9.96. The van der Waals surface area contributed by atoms with Crippen molar-refractivity contribution in [3.63, 3.8) is 0 Å². The average molecular weight is 260 g/mol. The highest BCUT2D eigenvalue weighted by Crippen LogP contribution is 2.11. The highest BCUT2D eigenvalue weighted by Gasteiger charge is 2.21. The Bertz CT molecular complexity index is 322. The molecule has 0 fully saturated rings. The zero-order chi connectivity index (χ0) is 14.3. The van der Waals surface area contributed by atoms with Gasteiger partial charge in [0.25, 0.3) is 0 Å². The van der Waals surface area contributed by atoms with Gasteiger partial charge in [-0.25, -0.2) is 4.79 Å². The van der Waals surface area contributed by atoms with E-state index in [0.717, 1.165) is 0 Å². The first-order valence-corrected chi connectivity index (χ1v) is 5.59. The molecule has 0 saturated carbocycles. The Kier molecular flexibility index (Phi) is 6.32. The Balaban J connectivity index is 3.98. The maximum Gasteiger partial charge on any atom is 0.328 e. The fourth-order valence-electron chi connectivity index (χ4n) is 1.01. The summed E-state index contributed by atoms with van der Waals surface area (Å²) in [4.78, 5) is 33.3. The van der Waals surface area contributed by atoms with Gasteiger partial charge in [0.2, 0.25) is 11.8 Å². The average Bonchev–Trinajstić information content (AvgIpc) is 2.23. The van der Waals surface area contributed by atoms with Gasteiger partial charge in [0, 0.05) is 18.4 Å². The molecule has 7 nitrogen and oxygen atoms in total. The number of amides is 2. The van der Waals surface area contributed by atoms with Crippen molar-refractivity contribution in [1.82, 2.24) is 10.6 Å². The fraction of sp³-hybridized carbons (Fsp3) is 0.727. The summed E-state index contributed by atoms with van der Waals surface area (Å²) < 4.78 is 0. The second-order valence-corrected chi connectivity index (χ2v) is 4.90. The van der Waals surface area contributed by atoms with E-state index in [4.69, 9.17) is 10.2 Å². The number of nitrogens with one attached hydrogen (secondary N) is 2. The molecule has 0 saturated heterocycles. The largest absolute Gasteiger partial charge is 0.480 e. The van der Waals surface area contributed by atoms with Crippen molar-refractivity contribution in [2.75, 3.05) is 13.2 Å². The molecule has 0 aliphatic heterocycles. The summed E-state index contributed by atoms with van der Waals surface area (Å²) in [6, 6.07) is -1.31. The maximum absolute atomic E-state index is 11.5. The standard InChI is InChI=1S/C11H20N2O5/c1-11(2,3)10(18)12-5-4-8(15)13-7(6-14)9(16)17/h7,14H,4-6H2,1-3H3,(H,12,18)(H,13,15)(H,16,17). The molecule has 18 heavy (non-hydrogen) atoms. The van der Waals surface area contributed by atoms with Gasteiger partial charge < -0.3 is 20.8 Å². The minimum absolute atomic E-state index is 0.0361. The summed E-state index contributed by atoms with van der Waals surface area (Å²) in [5.41, 5.74) is -0.537. The van der Waals surface area contributed by atoms with Crippen LogP contribution in [0.2, 0.25) is 0 Å². The number of carbonyl (C=O) groups is 3. The zero-order valence-electron chi connectivity index (χ0n) is 10.8. The molecule has 0 radical (unpaired) electrons. The second kappa shape index (κ2) is 6.95. The number of carboxylic acid groups (broad SMARTS) is 1. The van der Waals surface area contributed by atoms with Crippen LogP contribution in [-0.2, 0) is 14.4 Å². The molecule has 1 unspecified atom stereocenters. The quantitative estimate of drug-likeness (QED) is 0.494. The minimum Gasteiger partial charge on any atom is -0.480 e. The first-order chi connectivity index (χ1) is 8.18. The summed E-state index contributed by atoms with van der Waals surface area (Å²) in [5.74, 6) is -2.03. The molecule has 0 bridgehead atoms. The number of hydrogen-bond acceptors (Lipinski definition) is 4. The molecule has 0 aliphatic carbocycles. The number of carboxylic acids is 1.